The third-order valence-electron chi connectivity index (χ3n) is 4.71. The van der Waals surface area contributed by atoms with Crippen LogP contribution in [0.25, 0.3) is 5.82 Å². The maximum atomic E-state index is 9.30. The maximum absolute atomic E-state index is 9.30. The summed E-state index contributed by atoms with van der Waals surface area (Å²) in [6, 6.07) is 11.5. The molecule has 9 heteroatoms. The van der Waals surface area contributed by atoms with E-state index in [2.05, 4.69) is 30.3 Å². The molecule has 0 atom stereocenters. The zero-order valence-corrected chi connectivity index (χ0v) is 14.9. The van der Waals surface area contributed by atoms with Crippen LogP contribution in [0.5, 0.6) is 0 Å². The Kier molecular flexibility index (Phi) is 4.84. The number of nitrogens with two attached hydrogens (primary N) is 1. The Balaban J connectivity index is 1.54. The molecule has 3 heterocycles. The molecule has 4 rings (SSSR count). The molecule has 1 aliphatic heterocycles. The van der Waals surface area contributed by atoms with E-state index in [1.54, 1.807) is 0 Å². The summed E-state index contributed by atoms with van der Waals surface area (Å²) in [5, 5.41) is 16.8. The predicted molar refractivity (Wildman–Crippen MR) is 103 cm³/mol. The summed E-state index contributed by atoms with van der Waals surface area (Å²) in [7, 11) is 0. The van der Waals surface area contributed by atoms with Crippen molar-refractivity contribution in [2.45, 2.75) is 12.8 Å². The molecule has 0 bridgehead atoms. The zero-order chi connectivity index (χ0) is 18.6. The quantitative estimate of drug-likeness (QED) is 0.623. The first-order valence-corrected chi connectivity index (χ1v) is 8.96. The molecule has 2 aromatic heterocycles. The zero-order valence-electron chi connectivity index (χ0n) is 14.9. The second-order valence-corrected chi connectivity index (χ2v) is 6.54. The fraction of sp³-hybridized carbons (Fsp3) is 0.333. The highest BCUT2D eigenvalue weighted by atomic mass is 16.3. The van der Waals surface area contributed by atoms with E-state index in [1.165, 1.54) is 11.0 Å². The average Bonchev–Trinajstić information content (AvgIpc) is 3.09. The number of rotatable bonds is 5. The minimum atomic E-state index is 0.246. The van der Waals surface area contributed by atoms with Gasteiger partial charge in [0.15, 0.2) is 5.82 Å². The number of para-hydroxylation sites is 1. The van der Waals surface area contributed by atoms with E-state index in [9.17, 15) is 5.11 Å². The number of hydrogen-bond donors (Lipinski definition) is 3. The van der Waals surface area contributed by atoms with E-state index >= 15 is 0 Å². The summed E-state index contributed by atoms with van der Waals surface area (Å²) in [4.78, 5) is 15.1. The molecule has 1 fully saturated rings. The van der Waals surface area contributed by atoms with Crippen LogP contribution in [-0.4, -0.2) is 49.5 Å². The van der Waals surface area contributed by atoms with Gasteiger partial charge in [-0.15, -0.1) is 5.10 Å². The van der Waals surface area contributed by atoms with Gasteiger partial charge in [-0.25, -0.2) is 9.97 Å². The number of aliphatic hydroxyl groups excluding tert-OH is 1. The molecule has 0 unspecified atom stereocenters. The van der Waals surface area contributed by atoms with Crippen molar-refractivity contribution in [1.82, 2.24) is 24.7 Å². The molecule has 140 valence electrons. The highest BCUT2D eigenvalue weighted by molar-refractivity contribution is 5.54. The van der Waals surface area contributed by atoms with Crippen LogP contribution in [0.1, 0.15) is 12.8 Å². The van der Waals surface area contributed by atoms with Crippen LogP contribution < -0.4 is 16.0 Å². The van der Waals surface area contributed by atoms with E-state index in [-0.39, 0.29) is 12.6 Å². The number of hydrogen-bond acceptors (Lipinski definition) is 8. The number of nitrogen functional groups attached to an aromatic ring is 1. The Hall–Kier alpha value is -3.20. The van der Waals surface area contributed by atoms with E-state index < -0.39 is 0 Å². The standard InChI is InChI=1S/C18H22N8O/c19-17-23-18(22-14-4-2-1-3-5-14)24-26(17)16-10-15(20-12-21-16)25-8-6-13(11-27)7-9-25/h1-5,10,12-13,27H,6-9,11H2,(H3,19,22,23,24). The third kappa shape index (κ3) is 3.82. The molecule has 0 spiro atoms. The van der Waals surface area contributed by atoms with Crippen molar-refractivity contribution in [1.29, 1.82) is 0 Å². The molecule has 1 aromatic carbocycles. The number of nitrogens with one attached hydrogen (secondary N) is 1. The molecule has 27 heavy (non-hydrogen) atoms. The van der Waals surface area contributed by atoms with Crippen LogP contribution in [0.2, 0.25) is 0 Å². The van der Waals surface area contributed by atoms with Gasteiger partial charge in [0.05, 0.1) is 0 Å². The van der Waals surface area contributed by atoms with Crippen molar-refractivity contribution in [2.75, 3.05) is 35.6 Å². The summed E-state index contributed by atoms with van der Waals surface area (Å²) < 4.78 is 1.50. The van der Waals surface area contributed by atoms with E-state index in [0.717, 1.165) is 37.4 Å². The first kappa shape index (κ1) is 17.2. The SMILES string of the molecule is Nc1nc(Nc2ccccc2)nn1-c1cc(N2CCC(CO)CC2)ncn1. The van der Waals surface area contributed by atoms with Gasteiger partial charge in [-0.1, -0.05) is 18.2 Å². The molecule has 3 aromatic rings. The molecular weight excluding hydrogens is 344 g/mol. The summed E-state index contributed by atoms with van der Waals surface area (Å²) in [6.07, 6.45) is 3.41. The van der Waals surface area contributed by atoms with Crippen LogP contribution in [0.15, 0.2) is 42.7 Å². The average molecular weight is 366 g/mol. The Morgan fingerprint density at radius 1 is 1.11 bits per heavy atom. The molecule has 1 aliphatic rings. The minimum Gasteiger partial charge on any atom is -0.396 e. The molecule has 0 radical (unpaired) electrons. The van der Waals surface area contributed by atoms with Gasteiger partial charge in [-0.3, -0.25) is 0 Å². The molecule has 4 N–H and O–H groups in total. The highest BCUT2D eigenvalue weighted by Gasteiger charge is 2.20. The van der Waals surface area contributed by atoms with E-state index in [0.29, 0.717) is 17.7 Å². The minimum absolute atomic E-state index is 0.246. The fourth-order valence-corrected chi connectivity index (χ4v) is 3.17. The molecule has 0 amide bonds. The summed E-state index contributed by atoms with van der Waals surface area (Å²) in [5.74, 6) is 2.42. The molecule has 9 nitrogen and oxygen atoms in total. The number of anilines is 4. The lowest BCUT2D eigenvalue weighted by Crippen LogP contribution is -2.35. The monoisotopic (exact) mass is 366 g/mol. The van der Waals surface area contributed by atoms with Gasteiger partial charge in [0.25, 0.3) is 0 Å². The lowest BCUT2D eigenvalue weighted by molar-refractivity contribution is 0.203. The van der Waals surface area contributed by atoms with Crippen molar-refractivity contribution in [3.8, 4) is 5.82 Å². The third-order valence-corrected chi connectivity index (χ3v) is 4.71. The summed E-state index contributed by atoms with van der Waals surface area (Å²) >= 11 is 0. The molecular formula is C18H22N8O. The van der Waals surface area contributed by atoms with Crippen molar-refractivity contribution < 1.29 is 5.11 Å². The van der Waals surface area contributed by atoms with Crippen molar-refractivity contribution in [3.05, 3.63) is 42.7 Å². The van der Waals surface area contributed by atoms with Crippen LogP contribution in [0.4, 0.5) is 23.4 Å². The van der Waals surface area contributed by atoms with Crippen molar-refractivity contribution in [2.24, 2.45) is 5.92 Å². The second kappa shape index (κ2) is 7.58. The van der Waals surface area contributed by atoms with Gasteiger partial charge in [-0.2, -0.15) is 9.67 Å². The van der Waals surface area contributed by atoms with Crippen molar-refractivity contribution >= 4 is 23.4 Å². The van der Waals surface area contributed by atoms with Gasteiger partial charge in [0.2, 0.25) is 11.9 Å². The topological polar surface area (TPSA) is 118 Å². The summed E-state index contributed by atoms with van der Waals surface area (Å²) in [6.45, 7) is 1.96. The Morgan fingerprint density at radius 3 is 2.59 bits per heavy atom. The predicted octanol–water partition coefficient (Wildman–Crippen LogP) is 1.59. The Bertz CT molecular complexity index is 889. The molecule has 0 saturated carbocycles. The van der Waals surface area contributed by atoms with E-state index in [1.807, 2.05) is 36.4 Å². The van der Waals surface area contributed by atoms with Gasteiger partial charge >= 0.3 is 0 Å². The van der Waals surface area contributed by atoms with Crippen LogP contribution >= 0.6 is 0 Å². The highest BCUT2D eigenvalue weighted by Crippen LogP contribution is 2.23. The van der Waals surface area contributed by atoms with Crippen LogP contribution in [0, 0.1) is 5.92 Å². The Morgan fingerprint density at radius 2 is 1.85 bits per heavy atom. The number of nitrogens with zero attached hydrogens (tertiary/aromatic N) is 6. The lowest BCUT2D eigenvalue weighted by atomic mass is 9.98. The van der Waals surface area contributed by atoms with Gasteiger partial charge < -0.3 is 21.1 Å². The second-order valence-electron chi connectivity index (χ2n) is 6.54. The number of piperidine rings is 1. The summed E-state index contributed by atoms with van der Waals surface area (Å²) in [5.41, 5.74) is 6.92. The molecule has 0 aliphatic carbocycles. The largest absolute Gasteiger partial charge is 0.396 e. The number of benzene rings is 1. The molecule has 1 saturated heterocycles. The first-order valence-electron chi connectivity index (χ1n) is 8.96. The number of aromatic nitrogens is 5. The maximum Gasteiger partial charge on any atom is 0.248 e. The fourth-order valence-electron chi connectivity index (χ4n) is 3.17. The lowest BCUT2D eigenvalue weighted by Gasteiger charge is -2.31. The smallest absolute Gasteiger partial charge is 0.248 e. The van der Waals surface area contributed by atoms with E-state index in [4.69, 9.17) is 5.73 Å². The normalized spacial score (nSPS) is 15.1. The Labute approximate surface area is 156 Å². The van der Waals surface area contributed by atoms with Gasteiger partial charge in [0, 0.05) is 31.5 Å². The van der Waals surface area contributed by atoms with Gasteiger partial charge in [0.1, 0.15) is 12.1 Å². The van der Waals surface area contributed by atoms with Gasteiger partial charge in [-0.05, 0) is 30.9 Å². The van der Waals surface area contributed by atoms with Crippen LogP contribution in [-0.2, 0) is 0 Å². The number of aliphatic hydroxyl groups is 1. The first-order chi connectivity index (χ1) is 13.2. The van der Waals surface area contributed by atoms with Crippen LogP contribution in [0.3, 0.4) is 0 Å². The van der Waals surface area contributed by atoms with Crippen molar-refractivity contribution in [3.63, 3.8) is 0 Å².